The Kier molecular flexibility index (Phi) is 4.80. The lowest BCUT2D eigenvalue weighted by atomic mass is 10.1. The van der Waals surface area contributed by atoms with Crippen LogP contribution in [0.25, 0.3) is 0 Å². The van der Waals surface area contributed by atoms with E-state index in [1.807, 2.05) is 17.9 Å². The molecule has 1 atom stereocenters. The lowest BCUT2D eigenvalue weighted by Gasteiger charge is -2.41. The van der Waals surface area contributed by atoms with Crippen LogP contribution in [0.4, 0.5) is 10.1 Å². The van der Waals surface area contributed by atoms with Gasteiger partial charge in [0, 0.05) is 32.8 Å². The summed E-state index contributed by atoms with van der Waals surface area (Å²) in [6.07, 6.45) is 1.35. The Hall–Kier alpha value is -2.41. The Morgan fingerprint density at radius 3 is 2.92 bits per heavy atom. The smallest absolute Gasteiger partial charge is 0.259 e. The molecule has 2 aromatic rings. The number of amides is 1. The summed E-state index contributed by atoms with van der Waals surface area (Å²) >= 11 is 0. The van der Waals surface area contributed by atoms with E-state index in [-0.39, 0.29) is 24.4 Å². The van der Waals surface area contributed by atoms with Crippen LogP contribution in [0.5, 0.6) is 0 Å². The Morgan fingerprint density at radius 1 is 1.42 bits per heavy atom. The van der Waals surface area contributed by atoms with E-state index in [1.54, 1.807) is 24.1 Å². The topological polar surface area (TPSA) is 58.8 Å². The molecule has 0 spiro atoms. The first-order chi connectivity index (χ1) is 11.6. The van der Waals surface area contributed by atoms with Crippen LogP contribution in [0.1, 0.15) is 23.0 Å². The van der Waals surface area contributed by atoms with Crippen molar-refractivity contribution in [2.75, 3.05) is 31.6 Å². The highest BCUT2D eigenvalue weighted by molar-refractivity contribution is 5.95. The van der Waals surface area contributed by atoms with Crippen LogP contribution in [0, 0.1) is 5.82 Å². The van der Waals surface area contributed by atoms with Crippen LogP contribution in [-0.2, 0) is 11.3 Å². The van der Waals surface area contributed by atoms with Gasteiger partial charge in [-0.3, -0.25) is 4.79 Å². The third kappa shape index (κ3) is 3.12. The highest BCUT2D eigenvalue weighted by atomic mass is 19.1. The molecule has 1 unspecified atom stereocenters. The summed E-state index contributed by atoms with van der Waals surface area (Å²) in [7, 11) is 1.54. The van der Waals surface area contributed by atoms with Gasteiger partial charge in [-0.2, -0.15) is 0 Å². The van der Waals surface area contributed by atoms with E-state index < -0.39 is 0 Å². The number of hydrogen-bond acceptors (Lipinski definition) is 5. The monoisotopic (exact) mass is 333 g/mol. The number of ether oxygens (including phenoxy) is 1. The number of piperazine rings is 1. The van der Waals surface area contributed by atoms with Crippen molar-refractivity contribution in [2.24, 2.45) is 0 Å². The van der Waals surface area contributed by atoms with E-state index in [1.165, 1.54) is 12.3 Å². The molecule has 1 aliphatic heterocycles. The molecular weight excluding hydrogens is 313 g/mol. The van der Waals surface area contributed by atoms with Crippen molar-refractivity contribution in [1.29, 1.82) is 0 Å². The van der Waals surface area contributed by atoms with Crippen LogP contribution >= 0.6 is 0 Å². The number of rotatable bonds is 4. The van der Waals surface area contributed by atoms with Gasteiger partial charge in [0.2, 0.25) is 0 Å². The van der Waals surface area contributed by atoms with Crippen molar-refractivity contribution in [1.82, 2.24) is 10.1 Å². The van der Waals surface area contributed by atoms with Crippen molar-refractivity contribution < 1.29 is 18.4 Å². The number of anilines is 1. The second kappa shape index (κ2) is 7.00. The Morgan fingerprint density at radius 2 is 2.21 bits per heavy atom. The number of methoxy groups -OCH3 is 1. The molecule has 3 rings (SSSR count). The molecule has 1 aromatic carbocycles. The van der Waals surface area contributed by atoms with Gasteiger partial charge in [0.25, 0.3) is 5.91 Å². The SMILES string of the molecule is COCc1nocc1C(=O)N1CCN(c2ccccc2F)CC1C. The number of nitrogens with zero attached hydrogens (tertiary/aromatic N) is 3. The molecule has 0 saturated carbocycles. The van der Waals surface area contributed by atoms with Gasteiger partial charge < -0.3 is 19.1 Å². The summed E-state index contributed by atoms with van der Waals surface area (Å²) in [5.74, 6) is -0.380. The van der Waals surface area contributed by atoms with E-state index in [9.17, 15) is 9.18 Å². The van der Waals surface area contributed by atoms with Gasteiger partial charge in [-0.15, -0.1) is 0 Å². The molecule has 1 amide bonds. The van der Waals surface area contributed by atoms with E-state index in [0.717, 1.165) is 0 Å². The molecule has 6 nitrogen and oxygen atoms in total. The molecule has 0 radical (unpaired) electrons. The van der Waals surface area contributed by atoms with Gasteiger partial charge in [0.15, 0.2) is 0 Å². The number of hydrogen-bond donors (Lipinski definition) is 0. The molecule has 1 saturated heterocycles. The summed E-state index contributed by atoms with van der Waals surface area (Å²) < 4.78 is 23.9. The molecule has 1 fully saturated rings. The number of aromatic nitrogens is 1. The highest BCUT2D eigenvalue weighted by Crippen LogP contribution is 2.23. The van der Waals surface area contributed by atoms with Gasteiger partial charge in [0.1, 0.15) is 23.3 Å². The molecule has 24 heavy (non-hydrogen) atoms. The third-order valence-electron chi connectivity index (χ3n) is 4.24. The lowest BCUT2D eigenvalue weighted by Crippen LogP contribution is -2.54. The zero-order valence-corrected chi connectivity index (χ0v) is 13.7. The highest BCUT2D eigenvalue weighted by Gasteiger charge is 2.31. The molecular formula is C17H20FN3O3. The molecule has 7 heteroatoms. The average molecular weight is 333 g/mol. The zero-order chi connectivity index (χ0) is 17.1. The second-order valence-electron chi connectivity index (χ2n) is 5.85. The van der Waals surface area contributed by atoms with Gasteiger partial charge in [-0.1, -0.05) is 17.3 Å². The van der Waals surface area contributed by atoms with Gasteiger partial charge >= 0.3 is 0 Å². The first-order valence-electron chi connectivity index (χ1n) is 7.84. The van der Waals surface area contributed by atoms with E-state index in [2.05, 4.69) is 5.16 Å². The van der Waals surface area contributed by atoms with E-state index in [0.29, 0.717) is 36.6 Å². The van der Waals surface area contributed by atoms with Crippen LogP contribution in [0.3, 0.4) is 0 Å². The maximum absolute atomic E-state index is 14.0. The first kappa shape index (κ1) is 16.4. The molecule has 0 bridgehead atoms. The number of benzene rings is 1. The standard InChI is InChI=1S/C17H20FN3O3/c1-12-9-20(16-6-4-3-5-14(16)18)7-8-21(12)17(22)13-10-24-19-15(13)11-23-2/h3-6,10,12H,7-9,11H2,1-2H3. The Labute approximate surface area is 139 Å². The minimum atomic E-state index is -0.245. The predicted molar refractivity (Wildman–Crippen MR) is 86.3 cm³/mol. The van der Waals surface area contributed by atoms with Crippen LogP contribution in [0.15, 0.2) is 35.1 Å². The fraction of sp³-hybridized carbons (Fsp3) is 0.412. The van der Waals surface area contributed by atoms with Gasteiger partial charge in [-0.05, 0) is 19.1 Å². The maximum Gasteiger partial charge on any atom is 0.259 e. The van der Waals surface area contributed by atoms with E-state index >= 15 is 0 Å². The van der Waals surface area contributed by atoms with E-state index in [4.69, 9.17) is 9.26 Å². The van der Waals surface area contributed by atoms with Crippen molar-refractivity contribution >= 4 is 11.6 Å². The van der Waals surface area contributed by atoms with Crippen LogP contribution < -0.4 is 4.90 Å². The summed E-state index contributed by atoms with van der Waals surface area (Å²) in [4.78, 5) is 16.5. The number of carbonyl (C=O) groups is 1. The normalized spacial score (nSPS) is 18.0. The summed E-state index contributed by atoms with van der Waals surface area (Å²) in [5.41, 5.74) is 1.48. The molecule has 1 aliphatic rings. The number of para-hydroxylation sites is 1. The quantitative estimate of drug-likeness (QED) is 0.859. The molecule has 0 aliphatic carbocycles. The van der Waals surface area contributed by atoms with Crippen molar-refractivity contribution in [2.45, 2.75) is 19.6 Å². The Bertz CT molecular complexity index is 719. The first-order valence-corrected chi connectivity index (χ1v) is 7.84. The number of carbonyl (C=O) groups excluding carboxylic acids is 1. The minimum absolute atomic E-state index is 0.0591. The maximum atomic E-state index is 14.0. The van der Waals surface area contributed by atoms with Crippen molar-refractivity contribution in [3.63, 3.8) is 0 Å². The molecule has 128 valence electrons. The minimum Gasteiger partial charge on any atom is -0.378 e. The molecule has 0 N–H and O–H groups in total. The van der Waals surface area contributed by atoms with Crippen molar-refractivity contribution in [3.8, 4) is 0 Å². The summed E-state index contributed by atoms with van der Waals surface area (Å²) in [5, 5.41) is 3.81. The zero-order valence-electron chi connectivity index (χ0n) is 13.7. The third-order valence-corrected chi connectivity index (χ3v) is 4.24. The van der Waals surface area contributed by atoms with Crippen LogP contribution in [0.2, 0.25) is 0 Å². The predicted octanol–water partition coefficient (Wildman–Crippen LogP) is 2.31. The molecule has 2 heterocycles. The number of halogens is 1. The molecule has 1 aromatic heterocycles. The second-order valence-corrected chi connectivity index (χ2v) is 5.85. The Balaban J connectivity index is 1.73. The summed E-state index contributed by atoms with van der Waals surface area (Å²) in [6.45, 7) is 3.82. The largest absolute Gasteiger partial charge is 0.378 e. The van der Waals surface area contributed by atoms with Crippen LogP contribution in [-0.4, -0.2) is 48.7 Å². The lowest BCUT2D eigenvalue weighted by molar-refractivity contribution is 0.0669. The summed E-state index contributed by atoms with van der Waals surface area (Å²) in [6, 6.07) is 6.64. The van der Waals surface area contributed by atoms with Crippen molar-refractivity contribution in [3.05, 3.63) is 47.6 Å². The fourth-order valence-electron chi connectivity index (χ4n) is 3.02. The van der Waals surface area contributed by atoms with Gasteiger partial charge in [-0.25, -0.2) is 4.39 Å². The fourth-order valence-corrected chi connectivity index (χ4v) is 3.02. The van der Waals surface area contributed by atoms with Gasteiger partial charge in [0.05, 0.1) is 12.3 Å². The average Bonchev–Trinajstić information content (AvgIpc) is 3.03.